The number of hydrogen-bond donors (Lipinski definition) is 1. The van der Waals surface area contributed by atoms with Gasteiger partial charge in [0.1, 0.15) is 0 Å². The molecular weight excluding hydrogens is 204 g/mol. The van der Waals surface area contributed by atoms with Gasteiger partial charge in [-0.15, -0.1) is 0 Å². The van der Waals surface area contributed by atoms with Crippen LogP contribution in [0.4, 0.5) is 0 Å². The van der Waals surface area contributed by atoms with E-state index in [2.05, 4.69) is 17.1 Å². The van der Waals surface area contributed by atoms with Gasteiger partial charge in [-0.2, -0.15) is 0 Å². The third-order valence-electron chi connectivity index (χ3n) is 3.57. The zero-order valence-corrected chi connectivity index (χ0v) is 10.4. The molecule has 0 aliphatic carbocycles. The maximum Gasteiger partial charge on any atom is 0.0707 e. The molecule has 0 saturated carbocycles. The molecule has 0 aromatic rings. The average Bonchev–Trinajstić information content (AvgIpc) is 2.70. The minimum Gasteiger partial charge on any atom is -0.379 e. The summed E-state index contributed by atoms with van der Waals surface area (Å²) >= 11 is 0. The predicted octanol–water partition coefficient (Wildman–Crippen LogP) is 0.474. The molecule has 2 rings (SSSR count). The number of likely N-dealkylation sites (N-methyl/N-ethyl adjacent to an activating group) is 1. The molecule has 1 N–H and O–H groups in total. The average molecular weight is 228 g/mol. The Bertz CT molecular complexity index is 213. The lowest BCUT2D eigenvalue weighted by atomic mass is 10.1. The van der Waals surface area contributed by atoms with Crippen LogP contribution in [0.25, 0.3) is 0 Å². The fourth-order valence-electron chi connectivity index (χ4n) is 2.59. The largest absolute Gasteiger partial charge is 0.379 e. The van der Waals surface area contributed by atoms with Crippen LogP contribution in [-0.4, -0.2) is 63.0 Å². The van der Waals surface area contributed by atoms with Gasteiger partial charge < -0.3 is 14.8 Å². The van der Waals surface area contributed by atoms with Gasteiger partial charge in [-0.3, -0.25) is 4.90 Å². The van der Waals surface area contributed by atoms with Crippen molar-refractivity contribution in [1.29, 1.82) is 0 Å². The molecule has 0 radical (unpaired) electrons. The first-order valence-electron chi connectivity index (χ1n) is 6.41. The Balaban J connectivity index is 1.73. The molecule has 2 aliphatic heterocycles. The molecule has 3 unspecified atom stereocenters. The van der Waals surface area contributed by atoms with Crippen molar-refractivity contribution in [3.8, 4) is 0 Å². The third kappa shape index (κ3) is 3.17. The second-order valence-electron chi connectivity index (χ2n) is 4.93. The smallest absolute Gasteiger partial charge is 0.0707 e. The van der Waals surface area contributed by atoms with Crippen molar-refractivity contribution in [3.63, 3.8) is 0 Å². The van der Waals surface area contributed by atoms with E-state index in [1.165, 1.54) is 12.8 Å². The summed E-state index contributed by atoms with van der Waals surface area (Å²) in [4.78, 5) is 2.50. The van der Waals surface area contributed by atoms with Crippen molar-refractivity contribution < 1.29 is 9.47 Å². The first-order chi connectivity index (χ1) is 7.79. The molecule has 0 aromatic heterocycles. The van der Waals surface area contributed by atoms with Gasteiger partial charge in [0.2, 0.25) is 0 Å². The highest BCUT2D eigenvalue weighted by Gasteiger charge is 2.28. The minimum atomic E-state index is 0.423. The molecule has 3 atom stereocenters. The van der Waals surface area contributed by atoms with E-state index < -0.39 is 0 Å². The van der Waals surface area contributed by atoms with E-state index in [0.717, 1.165) is 32.8 Å². The Hall–Kier alpha value is -0.160. The number of hydrogen-bond acceptors (Lipinski definition) is 4. The molecule has 0 amide bonds. The molecule has 0 aromatic carbocycles. The molecule has 2 saturated heterocycles. The first kappa shape index (κ1) is 12.3. The van der Waals surface area contributed by atoms with E-state index >= 15 is 0 Å². The highest BCUT2D eigenvalue weighted by atomic mass is 16.5. The quantitative estimate of drug-likeness (QED) is 0.758. The monoisotopic (exact) mass is 228 g/mol. The van der Waals surface area contributed by atoms with Crippen LogP contribution in [0.15, 0.2) is 0 Å². The Morgan fingerprint density at radius 1 is 1.31 bits per heavy atom. The van der Waals surface area contributed by atoms with Gasteiger partial charge in [0.25, 0.3) is 0 Å². The lowest BCUT2D eigenvalue weighted by molar-refractivity contribution is -0.0354. The zero-order valence-electron chi connectivity index (χ0n) is 10.4. The maximum atomic E-state index is 6.01. The van der Waals surface area contributed by atoms with Gasteiger partial charge >= 0.3 is 0 Å². The molecule has 4 heteroatoms. The van der Waals surface area contributed by atoms with Gasteiger partial charge in [0.05, 0.1) is 25.4 Å². The lowest BCUT2D eigenvalue weighted by Gasteiger charge is -2.34. The van der Waals surface area contributed by atoms with Crippen molar-refractivity contribution in [2.75, 3.05) is 39.9 Å². The third-order valence-corrected chi connectivity index (χ3v) is 3.57. The normalized spacial score (nSPS) is 36.8. The molecule has 4 nitrogen and oxygen atoms in total. The zero-order chi connectivity index (χ0) is 11.4. The summed E-state index contributed by atoms with van der Waals surface area (Å²) in [6.07, 6.45) is 3.26. The molecule has 2 heterocycles. The Morgan fingerprint density at radius 2 is 2.12 bits per heavy atom. The number of nitrogens with one attached hydrogen (secondary N) is 1. The van der Waals surface area contributed by atoms with E-state index in [-0.39, 0.29) is 0 Å². The molecule has 16 heavy (non-hydrogen) atoms. The van der Waals surface area contributed by atoms with Crippen LogP contribution in [0.3, 0.4) is 0 Å². The summed E-state index contributed by atoms with van der Waals surface area (Å²) in [5, 5.41) is 3.18. The summed E-state index contributed by atoms with van der Waals surface area (Å²) in [5.41, 5.74) is 0. The van der Waals surface area contributed by atoms with Crippen LogP contribution in [0, 0.1) is 0 Å². The first-order valence-corrected chi connectivity index (χ1v) is 6.41. The van der Waals surface area contributed by atoms with Crippen molar-refractivity contribution in [1.82, 2.24) is 10.2 Å². The summed E-state index contributed by atoms with van der Waals surface area (Å²) in [6, 6.07) is 0.542. The highest BCUT2D eigenvalue weighted by Crippen LogP contribution is 2.21. The molecule has 94 valence electrons. The maximum absolute atomic E-state index is 6.01. The van der Waals surface area contributed by atoms with Crippen molar-refractivity contribution in [2.45, 2.75) is 38.0 Å². The van der Waals surface area contributed by atoms with Crippen LogP contribution in [0.2, 0.25) is 0 Å². The molecular formula is C12H24N2O2. The summed E-state index contributed by atoms with van der Waals surface area (Å²) in [5.74, 6) is 0. The number of nitrogens with zero attached hydrogens (tertiary/aromatic N) is 1. The van der Waals surface area contributed by atoms with E-state index in [9.17, 15) is 0 Å². The molecule has 0 bridgehead atoms. The summed E-state index contributed by atoms with van der Waals surface area (Å²) < 4.78 is 11.5. The molecule has 2 aliphatic rings. The van der Waals surface area contributed by atoms with Gasteiger partial charge in [-0.1, -0.05) is 0 Å². The molecule has 2 fully saturated rings. The fraction of sp³-hybridized carbons (Fsp3) is 1.00. The number of morpholine rings is 1. The van der Waals surface area contributed by atoms with Crippen LogP contribution in [0.5, 0.6) is 0 Å². The second kappa shape index (κ2) is 5.96. The standard InChI is InChI=1S/C12H24N2O2/c1-10-9-15-6-5-14(10)8-12-4-3-11(16-12)7-13-2/h10-13H,3-9H2,1-2H3. The minimum absolute atomic E-state index is 0.423. The van der Waals surface area contributed by atoms with Crippen LogP contribution >= 0.6 is 0 Å². The summed E-state index contributed by atoms with van der Waals surface area (Å²) in [7, 11) is 1.99. The van der Waals surface area contributed by atoms with E-state index in [4.69, 9.17) is 9.47 Å². The van der Waals surface area contributed by atoms with Crippen LogP contribution in [0.1, 0.15) is 19.8 Å². The van der Waals surface area contributed by atoms with E-state index in [1.807, 2.05) is 7.05 Å². The highest BCUT2D eigenvalue weighted by molar-refractivity contribution is 4.80. The van der Waals surface area contributed by atoms with Gasteiger partial charge in [0, 0.05) is 25.7 Å². The number of rotatable bonds is 4. The number of ether oxygens (including phenoxy) is 2. The Morgan fingerprint density at radius 3 is 2.88 bits per heavy atom. The lowest BCUT2D eigenvalue weighted by Crippen LogP contribution is -2.47. The van der Waals surface area contributed by atoms with Crippen LogP contribution < -0.4 is 5.32 Å². The SMILES string of the molecule is CNCC1CCC(CN2CCOCC2C)O1. The molecule has 0 spiro atoms. The van der Waals surface area contributed by atoms with E-state index in [1.54, 1.807) is 0 Å². The van der Waals surface area contributed by atoms with Gasteiger partial charge in [-0.25, -0.2) is 0 Å². The van der Waals surface area contributed by atoms with Gasteiger partial charge in [0.15, 0.2) is 0 Å². The summed E-state index contributed by atoms with van der Waals surface area (Å²) in [6.45, 7) is 7.08. The van der Waals surface area contributed by atoms with Crippen molar-refractivity contribution in [2.24, 2.45) is 0 Å². The second-order valence-corrected chi connectivity index (χ2v) is 4.93. The predicted molar refractivity (Wildman–Crippen MR) is 63.7 cm³/mol. The van der Waals surface area contributed by atoms with Gasteiger partial charge in [-0.05, 0) is 26.8 Å². The fourth-order valence-corrected chi connectivity index (χ4v) is 2.59. The topological polar surface area (TPSA) is 33.7 Å². The van der Waals surface area contributed by atoms with Crippen molar-refractivity contribution in [3.05, 3.63) is 0 Å². The van der Waals surface area contributed by atoms with Crippen molar-refractivity contribution >= 4 is 0 Å². The van der Waals surface area contributed by atoms with Crippen LogP contribution in [-0.2, 0) is 9.47 Å². The van der Waals surface area contributed by atoms with E-state index in [0.29, 0.717) is 18.2 Å². The Labute approximate surface area is 98.3 Å². The Kier molecular flexibility index (Phi) is 4.58.